The van der Waals surface area contributed by atoms with Crippen molar-refractivity contribution >= 4 is 17.3 Å². The van der Waals surface area contributed by atoms with Gasteiger partial charge in [0.25, 0.3) is 0 Å². The van der Waals surface area contributed by atoms with Crippen LogP contribution in [0.1, 0.15) is 23.7 Å². The lowest BCUT2D eigenvalue weighted by Crippen LogP contribution is -2.23. The zero-order chi connectivity index (χ0) is 13.7. The van der Waals surface area contributed by atoms with E-state index in [9.17, 15) is 4.79 Å². The lowest BCUT2D eigenvalue weighted by Gasteiger charge is -2.19. The molecule has 100 valence electrons. The number of primary amides is 1. The van der Waals surface area contributed by atoms with Crippen molar-refractivity contribution in [2.75, 3.05) is 31.7 Å². The smallest absolute Gasteiger partial charge is 0.248 e. The first kappa shape index (κ1) is 14.3. The van der Waals surface area contributed by atoms with E-state index < -0.39 is 5.91 Å². The molecule has 1 rings (SSSR count). The van der Waals surface area contributed by atoms with E-state index in [1.54, 1.807) is 18.2 Å². The minimum absolute atomic E-state index is 0.276. The molecule has 0 aliphatic carbocycles. The van der Waals surface area contributed by atoms with Crippen molar-refractivity contribution in [3.8, 4) is 0 Å². The molecule has 0 aliphatic heterocycles. The fourth-order valence-corrected chi connectivity index (χ4v) is 1.62. The number of amides is 1. The molecule has 5 N–H and O–H groups in total. The van der Waals surface area contributed by atoms with Crippen molar-refractivity contribution in [1.82, 2.24) is 4.90 Å². The highest BCUT2D eigenvalue weighted by atomic mass is 16.1. The van der Waals surface area contributed by atoms with Gasteiger partial charge in [-0.1, -0.05) is 0 Å². The van der Waals surface area contributed by atoms with Gasteiger partial charge in [-0.15, -0.1) is 0 Å². The highest BCUT2D eigenvalue weighted by Gasteiger charge is 2.08. The molecule has 0 aliphatic rings. The second-order valence-corrected chi connectivity index (χ2v) is 4.80. The molecule has 5 nitrogen and oxygen atoms in total. The molecule has 0 aromatic heterocycles. The predicted octanol–water partition coefficient (Wildman–Crippen LogP) is 1.12. The Morgan fingerprint density at radius 2 is 2.11 bits per heavy atom. The molecule has 0 saturated heterocycles. The quantitative estimate of drug-likeness (QED) is 0.661. The Kier molecular flexibility index (Phi) is 4.97. The number of nitrogen functional groups attached to an aromatic ring is 1. The molecule has 0 bridgehead atoms. The fraction of sp³-hybridized carbons (Fsp3) is 0.462. The standard InChI is InChI=1S/C13H22N4O/c1-9(6-7-17(2)3)16-12-8-10(13(15)18)4-5-11(12)14/h4-5,8-9,16H,6-7,14H2,1-3H3,(H2,15,18). The van der Waals surface area contributed by atoms with Crippen LogP contribution in [0.25, 0.3) is 0 Å². The maximum Gasteiger partial charge on any atom is 0.248 e. The molecule has 1 amide bonds. The molecule has 1 unspecified atom stereocenters. The molecule has 0 fully saturated rings. The van der Waals surface area contributed by atoms with E-state index in [1.807, 2.05) is 14.1 Å². The SMILES string of the molecule is CC(CCN(C)C)Nc1cc(C(N)=O)ccc1N. The van der Waals surface area contributed by atoms with Crippen LogP contribution in [0, 0.1) is 0 Å². The van der Waals surface area contributed by atoms with Gasteiger partial charge < -0.3 is 21.7 Å². The van der Waals surface area contributed by atoms with Crippen molar-refractivity contribution in [2.45, 2.75) is 19.4 Å². The Morgan fingerprint density at radius 1 is 1.44 bits per heavy atom. The van der Waals surface area contributed by atoms with Crippen LogP contribution in [0.4, 0.5) is 11.4 Å². The molecule has 0 saturated carbocycles. The summed E-state index contributed by atoms with van der Waals surface area (Å²) in [4.78, 5) is 13.2. The summed E-state index contributed by atoms with van der Waals surface area (Å²) in [7, 11) is 4.07. The third-order valence-corrected chi connectivity index (χ3v) is 2.75. The van der Waals surface area contributed by atoms with Gasteiger partial charge in [-0.25, -0.2) is 0 Å². The molecule has 5 heteroatoms. The van der Waals surface area contributed by atoms with Gasteiger partial charge in [0.15, 0.2) is 0 Å². The predicted molar refractivity (Wildman–Crippen MR) is 75.6 cm³/mol. The monoisotopic (exact) mass is 250 g/mol. The number of hydrogen-bond donors (Lipinski definition) is 3. The van der Waals surface area contributed by atoms with Crippen molar-refractivity contribution in [3.63, 3.8) is 0 Å². The van der Waals surface area contributed by atoms with Gasteiger partial charge in [0.1, 0.15) is 0 Å². The third kappa shape index (κ3) is 4.25. The van der Waals surface area contributed by atoms with Crippen molar-refractivity contribution in [2.24, 2.45) is 5.73 Å². The Morgan fingerprint density at radius 3 is 2.67 bits per heavy atom. The summed E-state index contributed by atoms with van der Waals surface area (Å²) >= 11 is 0. The number of anilines is 2. The van der Waals surface area contributed by atoms with Gasteiger partial charge in [-0.2, -0.15) is 0 Å². The van der Waals surface area contributed by atoms with Crippen LogP contribution >= 0.6 is 0 Å². The highest BCUT2D eigenvalue weighted by Crippen LogP contribution is 2.21. The fourth-order valence-electron chi connectivity index (χ4n) is 1.62. The number of nitrogens with one attached hydrogen (secondary N) is 1. The largest absolute Gasteiger partial charge is 0.397 e. The Balaban J connectivity index is 2.71. The first-order valence-electron chi connectivity index (χ1n) is 6.00. The zero-order valence-corrected chi connectivity index (χ0v) is 11.2. The second-order valence-electron chi connectivity index (χ2n) is 4.80. The molecule has 0 spiro atoms. The van der Waals surface area contributed by atoms with Gasteiger partial charge in [0.05, 0.1) is 11.4 Å². The van der Waals surface area contributed by atoms with Crippen LogP contribution in [0.15, 0.2) is 18.2 Å². The van der Waals surface area contributed by atoms with E-state index in [-0.39, 0.29) is 6.04 Å². The summed E-state index contributed by atoms with van der Waals surface area (Å²) in [5, 5.41) is 3.30. The van der Waals surface area contributed by atoms with Gasteiger partial charge in [-0.3, -0.25) is 4.79 Å². The minimum Gasteiger partial charge on any atom is -0.397 e. The van der Waals surface area contributed by atoms with Crippen LogP contribution in [0.5, 0.6) is 0 Å². The Labute approximate surface area is 108 Å². The van der Waals surface area contributed by atoms with Crippen molar-refractivity contribution in [1.29, 1.82) is 0 Å². The van der Waals surface area contributed by atoms with E-state index >= 15 is 0 Å². The topological polar surface area (TPSA) is 84.4 Å². The number of hydrogen-bond acceptors (Lipinski definition) is 4. The molecule has 18 heavy (non-hydrogen) atoms. The Hall–Kier alpha value is -1.75. The summed E-state index contributed by atoms with van der Waals surface area (Å²) < 4.78 is 0. The number of nitrogens with zero attached hydrogens (tertiary/aromatic N) is 1. The molecule has 1 aromatic carbocycles. The summed E-state index contributed by atoms with van der Waals surface area (Å²) in [6.07, 6.45) is 0.993. The van der Waals surface area contributed by atoms with Crippen LogP contribution in [0.2, 0.25) is 0 Å². The molecule has 1 aromatic rings. The first-order valence-corrected chi connectivity index (χ1v) is 6.00. The maximum absolute atomic E-state index is 11.1. The first-order chi connectivity index (χ1) is 8.40. The summed E-state index contributed by atoms with van der Waals surface area (Å²) in [6, 6.07) is 5.30. The molecule has 1 atom stereocenters. The van der Waals surface area contributed by atoms with E-state index in [0.717, 1.165) is 18.7 Å². The number of rotatable bonds is 6. The van der Waals surface area contributed by atoms with E-state index in [4.69, 9.17) is 11.5 Å². The zero-order valence-electron chi connectivity index (χ0n) is 11.2. The summed E-state index contributed by atoms with van der Waals surface area (Å²) in [6.45, 7) is 3.07. The molecule has 0 heterocycles. The van der Waals surface area contributed by atoms with Crippen LogP contribution in [0.3, 0.4) is 0 Å². The van der Waals surface area contributed by atoms with Crippen LogP contribution in [-0.2, 0) is 0 Å². The van der Waals surface area contributed by atoms with Crippen LogP contribution in [-0.4, -0.2) is 37.5 Å². The lowest BCUT2D eigenvalue weighted by molar-refractivity contribution is 0.100. The average molecular weight is 250 g/mol. The highest BCUT2D eigenvalue weighted by molar-refractivity contribution is 5.94. The van der Waals surface area contributed by atoms with Gasteiger partial charge in [0, 0.05) is 11.6 Å². The molecular weight excluding hydrogens is 228 g/mol. The number of benzene rings is 1. The van der Waals surface area contributed by atoms with Gasteiger partial charge >= 0.3 is 0 Å². The molecular formula is C13H22N4O. The summed E-state index contributed by atoms with van der Waals surface area (Å²) in [5.74, 6) is -0.445. The van der Waals surface area contributed by atoms with Crippen molar-refractivity contribution in [3.05, 3.63) is 23.8 Å². The second kappa shape index (κ2) is 6.26. The number of carbonyl (C=O) groups excluding carboxylic acids is 1. The normalized spacial score (nSPS) is 12.4. The molecule has 0 radical (unpaired) electrons. The average Bonchev–Trinajstić information content (AvgIpc) is 2.29. The van der Waals surface area contributed by atoms with Crippen LogP contribution < -0.4 is 16.8 Å². The summed E-state index contributed by atoms with van der Waals surface area (Å²) in [5.41, 5.74) is 13.0. The van der Waals surface area contributed by atoms with Gasteiger partial charge in [0.2, 0.25) is 5.91 Å². The minimum atomic E-state index is -0.445. The van der Waals surface area contributed by atoms with Crippen molar-refractivity contribution < 1.29 is 4.79 Å². The van der Waals surface area contributed by atoms with E-state index in [1.165, 1.54) is 0 Å². The third-order valence-electron chi connectivity index (χ3n) is 2.75. The number of carbonyl (C=O) groups is 1. The Bertz CT molecular complexity index is 417. The lowest BCUT2D eigenvalue weighted by atomic mass is 10.1. The van der Waals surface area contributed by atoms with E-state index in [2.05, 4.69) is 17.1 Å². The maximum atomic E-state index is 11.1. The van der Waals surface area contributed by atoms with E-state index in [0.29, 0.717) is 11.3 Å². The van der Waals surface area contributed by atoms with Gasteiger partial charge in [-0.05, 0) is 52.2 Å². The number of nitrogens with two attached hydrogens (primary N) is 2.